The van der Waals surface area contributed by atoms with Crippen LogP contribution in [0.15, 0.2) is 0 Å². The van der Waals surface area contributed by atoms with Gasteiger partial charge in [-0.1, -0.05) is 40.0 Å². The number of rotatable bonds is 8. The van der Waals surface area contributed by atoms with Gasteiger partial charge in [0.15, 0.2) is 0 Å². The highest BCUT2D eigenvalue weighted by Crippen LogP contribution is 2.23. The molecule has 19 heavy (non-hydrogen) atoms. The van der Waals surface area contributed by atoms with Gasteiger partial charge in [-0.25, -0.2) is 0 Å². The maximum absolute atomic E-state index is 9.65. The molecule has 0 spiro atoms. The fourth-order valence-electron chi connectivity index (χ4n) is 3.33. The molecule has 0 amide bonds. The van der Waals surface area contributed by atoms with Crippen LogP contribution in [-0.4, -0.2) is 47.3 Å². The van der Waals surface area contributed by atoms with E-state index in [1.54, 1.807) is 0 Å². The maximum Gasteiger partial charge on any atom is 0.0611 e. The van der Waals surface area contributed by atoms with Crippen LogP contribution in [0.5, 0.6) is 0 Å². The van der Waals surface area contributed by atoms with Crippen molar-refractivity contribution in [3.8, 4) is 0 Å². The Morgan fingerprint density at radius 1 is 1.26 bits per heavy atom. The highest BCUT2D eigenvalue weighted by atomic mass is 16.3. The minimum absolute atomic E-state index is 0.143. The van der Waals surface area contributed by atoms with Gasteiger partial charge in [0.05, 0.1) is 6.61 Å². The minimum atomic E-state index is -0.143. The minimum Gasteiger partial charge on any atom is -0.394 e. The second-order valence-corrected chi connectivity index (χ2v) is 6.69. The Kier molecular flexibility index (Phi) is 7.33. The lowest BCUT2D eigenvalue weighted by Gasteiger charge is -2.37. The average Bonchev–Trinajstić information content (AvgIpc) is 2.40. The topological polar surface area (TPSA) is 35.5 Å². The molecule has 3 nitrogen and oxygen atoms in total. The van der Waals surface area contributed by atoms with Crippen LogP contribution in [0, 0.1) is 0 Å². The van der Waals surface area contributed by atoms with Gasteiger partial charge in [-0.15, -0.1) is 0 Å². The Morgan fingerprint density at radius 3 is 2.37 bits per heavy atom. The van der Waals surface area contributed by atoms with Crippen molar-refractivity contribution in [3.05, 3.63) is 0 Å². The van der Waals surface area contributed by atoms with Gasteiger partial charge in [0.25, 0.3) is 0 Å². The largest absolute Gasteiger partial charge is 0.394 e. The lowest BCUT2D eigenvalue weighted by atomic mass is 9.92. The van der Waals surface area contributed by atoms with Gasteiger partial charge in [0.2, 0.25) is 0 Å². The smallest absolute Gasteiger partial charge is 0.0611 e. The van der Waals surface area contributed by atoms with Crippen LogP contribution in [-0.2, 0) is 0 Å². The van der Waals surface area contributed by atoms with Crippen molar-refractivity contribution in [2.75, 3.05) is 19.7 Å². The monoisotopic (exact) mass is 270 g/mol. The molecular weight excluding hydrogens is 236 g/mol. The molecule has 0 aromatic heterocycles. The molecule has 1 aliphatic rings. The Bertz CT molecular complexity index is 239. The van der Waals surface area contributed by atoms with Gasteiger partial charge in [0.1, 0.15) is 0 Å². The molecule has 1 unspecified atom stereocenters. The van der Waals surface area contributed by atoms with Gasteiger partial charge in [-0.3, -0.25) is 0 Å². The van der Waals surface area contributed by atoms with Crippen LogP contribution in [0.1, 0.15) is 66.2 Å². The summed E-state index contributed by atoms with van der Waals surface area (Å²) in [6, 6.07) is 1.20. The summed E-state index contributed by atoms with van der Waals surface area (Å²) < 4.78 is 0. The predicted octanol–water partition coefficient (Wildman–Crippen LogP) is 2.78. The standard InChI is InChI=1S/C16H34N2O/c1-5-18(15-9-7-6-8-10-15)12-11-16(4,13-19)17-14(2)3/h14-15,17,19H,5-13H2,1-4H3. The van der Waals surface area contributed by atoms with Crippen LogP contribution in [0.3, 0.4) is 0 Å². The van der Waals surface area contributed by atoms with Crippen LogP contribution in [0.2, 0.25) is 0 Å². The summed E-state index contributed by atoms with van der Waals surface area (Å²) in [6.45, 7) is 11.1. The fraction of sp³-hybridized carbons (Fsp3) is 1.00. The summed E-state index contributed by atoms with van der Waals surface area (Å²) in [5.74, 6) is 0. The molecule has 0 aromatic rings. The van der Waals surface area contributed by atoms with Gasteiger partial charge >= 0.3 is 0 Å². The van der Waals surface area contributed by atoms with Crippen molar-refractivity contribution in [2.24, 2.45) is 0 Å². The van der Waals surface area contributed by atoms with E-state index >= 15 is 0 Å². The van der Waals surface area contributed by atoms with Crippen LogP contribution >= 0.6 is 0 Å². The fourth-order valence-corrected chi connectivity index (χ4v) is 3.33. The first-order valence-corrected chi connectivity index (χ1v) is 8.13. The molecule has 3 heteroatoms. The second kappa shape index (κ2) is 8.23. The Morgan fingerprint density at radius 2 is 1.89 bits per heavy atom. The zero-order valence-electron chi connectivity index (χ0n) is 13.4. The number of hydrogen-bond donors (Lipinski definition) is 2. The third-order valence-corrected chi connectivity index (χ3v) is 4.43. The summed E-state index contributed by atoms with van der Waals surface area (Å²) in [6.07, 6.45) is 7.94. The summed E-state index contributed by atoms with van der Waals surface area (Å²) in [5.41, 5.74) is -0.143. The summed E-state index contributed by atoms with van der Waals surface area (Å²) in [7, 11) is 0. The second-order valence-electron chi connectivity index (χ2n) is 6.69. The highest BCUT2D eigenvalue weighted by molar-refractivity contribution is 4.86. The third kappa shape index (κ3) is 5.80. The van der Waals surface area contributed by atoms with Gasteiger partial charge in [0, 0.05) is 24.2 Å². The SMILES string of the molecule is CCN(CCC(C)(CO)NC(C)C)C1CCCCC1. The average molecular weight is 270 g/mol. The molecule has 1 fully saturated rings. The van der Waals surface area contributed by atoms with E-state index in [2.05, 4.69) is 37.9 Å². The maximum atomic E-state index is 9.65. The molecule has 0 aromatic carbocycles. The molecule has 1 aliphatic carbocycles. The van der Waals surface area contributed by atoms with Crippen molar-refractivity contribution in [1.82, 2.24) is 10.2 Å². The van der Waals surface area contributed by atoms with E-state index in [9.17, 15) is 5.11 Å². The van der Waals surface area contributed by atoms with Crippen LogP contribution in [0.4, 0.5) is 0 Å². The van der Waals surface area contributed by atoms with Crippen molar-refractivity contribution in [2.45, 2.75) is 83.8 Å². The zero-order chi connectivity index (χ0) is 14.3. The van der Waals surface area contributed by atoms with Crippen molar-refractivity contribution < 1.29 is 5.11 Å². The number of hydrogen-bond acceptors (Lipinski definition) is 3. The third-order valence-electron chi connectivity index (χ3n) is 4.43. The predicted molar refractivity (Wildman–Crippen MR) is 82.5 cm³/mol. The summed E-state index contributed by atoms with van der Waals surface area (Å²) in [4.78, 5) is 2.62. The molecule has 0 bridgehead atoms. The lowest BCUT2D eigenvalue weighted by Crippen LogP contribution is -2.51. The summed E-state index contributed by atoms with van der Waals surface area (Å²) in [5, 5.41) is 13.2. The lowest BCUT2D eigenvalue weighted by molar-refractivity contribution is 0.112. The molecular formula is C16H34N2O. The molecule has 1 rings (SSSR count). The van der Waals surface area contributed by atoms with E-state index in [0.717, 1.165) is 25.6 Å². The van der Waals surface area contributed by atoms with Crippen LogP contribution < -0.4 is 5.32 Å². The highest BCUT2D eigenvalue weighted by Gasteiger charge is 2.26. The van der Waals surface area contributed by atoms with E-state index < -0.39 is 0 Å². The molecule has 0 radical (unpaired) electrons. The molecule has 114 valence electrons. The Labute approximate surface area is 119 Å². The van der Waals surface area contributed by atoms with E-state index in [0.29, 0.717) is 6.04 Å². The van der Waals surface area contributed by atoms with Gasteiger partial charge < -0.3 is 15.3 Å². The molecule has 2 N–H and O–H groups in total. The number of nitrogens with one attached hydrogen (secondary N) is 1. The first kappa shape index (κ1) is 16.9. The molecule has 0 saturated heterocycles. The first-order valence-electron chi connectivity index (χ1n) is 8.13. The number of nitrogens with zero attached hydrogens (tertiary/aromatic N) is 1. The normalized spacial score (nSPS) is 21.0. The summed E-state index contributed by atoms with van der Waals surface area (Å²) >= 11 is 0. The van der Waals surface area contributed by atoms with E-state index in [4.69, 9.17) is 0 Å². The zero-order valence-corrected chi connectivity index (χ0v) is 13.4. The quantitative estimate of drug-likeness (QED) is 0.712. The van der Waals surface area contributed by atoms with Gasteiger partial charge in [-0.05, 0) is 32.7 Å². The van der Waals surface area contributed by atoms with E-state index in [-0.39, 0.29) is 12.1 Å². The van der Waals surface area contributed by atoms with Crippen molar-refractivity contribution in [1.29, 1.82) is 0 Å². The number of aliphatic hydroxyl groups is 1. The molecule has 0 aliphatic heterocycles. The Balaban J connectivity index is 2.45. The van der Waals surface area contributed by atoms with Crippen LogP contribution in [0.25, 0.3) is 0 Å². The van der Waals surface area contributed by atoms with Crippen molar-refractivity contribution >= 4 is 0 Å². The Hall–Kier alpha value is -0.120. The molecule has 0 heterocycles. The van der Waals surface area contributed by atoms with E-state index in [1.165, 1.54) is 32.1 Å². The number of aliphatic hydroxyl groups excluding tert-OH is 1. The molecule has 1 atom stereocenters. The van der Waals surface area contributed by atoms with Crippen molar-refractivity contribution in [3.63, 3.8) is 0 Å². The molecule has 1 saturated carbocycles. The van der Waals surface area contributed by atoms with Gasteiger partial charge in [-0.2, -0.15) is 0 Å². The first-order chi connectivity index (χ1) is 9.00. The van der Waals surface area contributed by atoms with E-state index in [1.807, 2.05) is 0 Å².